The monoisotopic (exact) mass is 367 g/mol. The summed E-state index contributed by atoms with van der Waals surface area (Å²) in [6.45, 7) is 1.86. The van der Waals surface area contributed by atoms with E-state index in [2.05, 4.69) is 22.3 Å². The third-order valence-corrected chi connectivity index (χ3v) is 6.02. The number of hydrogen-bond donors (Lipinski definition) is 2. The van der Waals surface area contributed by atoms with Crippen LogP contribution in [0, 0.1) is 5.82 Å². The Hall–Kier alpha value is -2.23. The number of anilines is 3. The number of nitrogens with zero attached hydrogens (tertiary/aromatic N) is 1. The molecule has 4 rings (SSSR count). The molecule has 1 atom stereocenters. The van der Waals surface area contributed by atoms with Gasteiger partial charge in [-0.2, -0.15) is 0 Å². The second-order valence-electron chi connectivity index (χ2n) is 8.13. The van der Waals surface area contributed by atoms with Gasteiger partial charge < -0.3 is 16.0 Å². The zero-order valence-corrected chi connectivity index (χ0v) is 16.0. The van der Waals surface area contributed by atoms with Gasteiger partial charge in [-0.15, -0.1) is 0 Å². The van der Waals surface area contributed by atoms with Gasteiger partial charge in [-0.1, -0.05) is 25.3 Å². The standard InChI is InChI=1S/C23H30FN3/c24-19-8-4-10-23(14-19)27-11-5-9-21(16-27)26-22-13-18(12-20(25)15-22)17-6-2-1-3-7-17/h4,8,10,12-15,17,21,26H,1-3,5-7,9,11,16,25H2/t21-/m1/s1. The van der Waals surface area contributed by atoms with E-state index in [1.165, 1.54) is 43.7 Å². The van der Waals surface area contributed by atoms with Crippen molar-refractivity contribution >= 4 is 17.1 Å². The molecule has 3 N–H and O–H groups in total. The minimum atomic E-state index is -0.171. The van der Waals surface area contributed by atoms with Gasteiger partial charge in [0.1, 0.15) is 5.82 Å². The van der Waals surface area contributed by atoms with E-state index in [0.717, 1.165) is 43.0 Å². The summed E-state index contributed by atoms with van der Waals surface area (Å²) in [5.41, 5.74) is 10.5. The number of nitrogens with two attached hydrogens (primary N) is 1. The highest BCUT2D eigenvalue weighted by Crippen LogP contribution is 2.35. The van der Waals surface area contributed by atoms with Crippen molar-refractivity contribution in [3.8, 4) is 0 Å². The van der Waals surface area contributed by atoms with Gasteiger partial charge in [0.2, 0.25) is 0 Å². The number of nitrogen functional groups attached to an aromatic ring is 1. The fourth-order valence-electron chi connectivity index (χ4n) is 4.67. The van der Waals surface area contributed by atoms with Crippen LogP contribution in [0.2, 0.25) is 0 Å². The smallest absolute Gasteiger partial charge is 0.125 e. The van der Waals surface area contributed by atoms with Crippen molar-refractivity contribution in [1.29, 1.82) is 0 Å². The molecular formula is C23H30FN3. The molecule has 1 aliphatic heterocycles. The van der Waals surface area contributed by atoms with Crippen LogP contribution in [0.4, 0.5) is 21.5 Å². The molecule has 0 spiro atoms. The first kappa shape index (κ1) is 18.1. The summed E-state index contributed by atoms with van der Waals surface area (Å²) >= 11 is 0. The van der Waals surface area contributed by atoms with E-state index in [1.807, 2.05) is 12.1 Å². The van der Waals surface area contributed by atoms with Crippen molar-refractivity contribution in [1.82, 2.24) is 0 Å². The minimum Gasteiger partial charge on any atom is -0.399 e. The number of halogens is 1. The van der Waals surface area contributed by atoms with Gasteiger partial charge >= 0.3 is 0 Å². The van der Waals surface area contributed by atoms with Crippen LogP contribution in [0.1, 0.15) is 56.4 Å². The molecule has 27 heavy (non-hydrogen) atoms. The summed E-state index contributed by atoms with van der Waals surface area (Å²) < 4.78 is 13.6. The summed E-state index contributed by atoms with van der Waals surface area (Å²) in [4.78, 5) is 2.28. The Labute approximate surface area is 161 Å². The van der Waals surface area contributed by atoms with E-state index >= 15 is 0 Å². The molecule has 2 aromatic carbocycles. The molecule has 0 radical (unpaired) electrons. The lowest BCUT2D eigenvalue weighted by molar-refractivity contribution is 0.444. The normalized spacial score (nSPS) is 21.2. The maximum Gasteiger partial charge on any atom is 0.125 e. The molecule has 0 amide bonds. The van der Waals surface area contributed by atoms with E-state index in [4.69, 9.17) is 5.73 Å². The van der Waals surface area contributed by atoms with E-state index in [9.17, 15) is 4.39 Å². The highest BCUT2D eigenvalue weighted by molar-refractivity contribution is 5.58. The first-order valence-electron chi connectivity index (χ1n) is 10.3. The Morgan fingerprint density at radius 1 is 0.963 bits per heavy atom. The highest BCUT2D eigenvalue weighted by Gasteiger charge is 2.21. The van der Waals surface area contributed by atoms with Gasteiger partial charge in [-0.3, -0.25) is 0 Å². The number of nitrogens with one attached hydrogen (secondary N) is 1. The van der Waals surface area contributed by atoms with E-state index < -0.39 is 0 Å². The van der Waals surface area contributed by atoms with Gasteiger partial charge in [0.25, 0.3) is 0 Å². The van der Waals surface area contributed by atoms with Crippen LogP contribution in [0.25, 0.3) is 0 Å². The summed E-state index contributed by atoms with van der Waals surface area (Å²) in [5, 5.41) is 3.70. The predicted molar refractivity (Wildman–Crippen MR) is 112 cm³/mol. The quantitative estimate of drug-likeness (QED) is 0.698. The van der Waals surface area contributed by atoms with Crippen LogP contribution in [-0.2, 0) is 0 Å². The summed E-state index contributed by atoms with van der Waals surface area (Å²) in [5.74, 6) is 0.480. The first-order valence-corrected chi connectivity index (χ1v) is 10.3. The third-order valence-electron chi connectivity index (χ3n) is 6.02. The van der Waals surface area contributed by atoms with E-state index in [1.54, 1.807) is 12.1 Å². The Balaban J connectivity index is 1.46. The molecule has 4 heteroatoms. The van der Waals surface area contributed by atoms with E-state index in [0.29, 0.717) is 12.0 Å². The van der Waals surface area contributed by atoms with Crippen molar-refractivity contribution in [3.63, 3.8) is 0 Å². The summed E-state index contributed by atoms with van der Waals surface area (Å²) in [6.07, 6.45) is 8.80. The van der Waals surface area contributed by atoms with Gasteiger partial charge in [0.15, 0.2) is 0 Å². The largest absolute Gasteiger partial charge is 0.399 e. The summed E-state index contributed by atoms with van der Waals surface area (Å²) in [7, 11) is 0. The van der Waals surface area contributed by atoms with Crippen LogP contribution in [0.3, 0.4) is 0 Å². The molecule has 2 fully saturated rings. The number of hydrogen-bond acceptors (Lipinski definition) is 3. The Bertz CT molecular complexity index is 770. The van der Waals surface area contributed by atoms with Gasteiger partial charge in [0, 0.05) is 36.2 Å². The SMILES string of the molecule is Nc1cc(N[C@@H]2CCCN(c3cccc(F)c3)C2)cc(C2CCCCC2)c1. The molecular weight excluding hydrogens is 337 g/mol. The van der Waals surface area contributed by atoms with Crippen LogP contribution < -0.4 is 16.0 Å². The molecule has 2 aliphatic rings. The summed E-state index contributed by atoms with van der Waals surface area (Å²) in [6, 6.07) is 13.8. The molecule has 0 bridgehead atoms. The van der Waals surface area contributed by atoms with E-state index in [-0.39, 0.29) is 5.82 Å². The first-order chi connectivity index (χ1) is 13.2. The fourth-order valence-corrected chi connectivity index (χ4v) is 4.67. The van der Waals surface area contributed by atoms with Crippen molar-refractivity contribution in [2.24, 2.45) is 0 Å². The number of benzene rings is 2. The molecule has 1 saturated carbocycles. The van der Waals surface area contributed by atoms with Crippen molar-refractivity contribution in [3.05, 3.63) is 53.8 Å². The average Bonchev–Trinajstić information content (AvgIpc) is 2.68. The zero-order valence-electron chi connectivity index (χ0n) is 16.0. The maximum atomic E-state index is 13.6. The molecule has 3 nitrogen and oxygen atoms in total. The number of piperidine rings is 1. The van der Waals surface area contributed by atoms with Crippen LogP contribution in [0.5, 0.6) is 0 Å². The number of rotatable bonds is 4. The molecule has 1 heterocycles. The lowest BCUT2D eigenvalue weighted by Gasteiger charge is -2.35. The second-order valence-corrected chi connectivity index (χ2v) is 8.13. The van der Waals surface area contributed by atoms with Crippen LogP contribution in [-0.4, -0.2) is 19.1 Å². The third kappa shape index (κ3) is 4.55. The van der Waals surface area contributed by atoms with Crippen LogP contribution >= 0.6 is 0 Å². The minimum absolute atomic E-state index is 0.171. The predicted octanol–water partition coefficient (Wildman–Crippen LogP) is 5.54. The van der Waals surface area contributed by atoms with Crippen molar-refractivity contribution in [2.45, 2.75) is 56.9 Å². The van der Waals surface area contributed by atoms with Gasteiger partial charge in [-0.05, 0) is 73.6 Å². The van der Waals surface area contributed by atoms with Crippen molar-refractivity contribution in [2.75, 3.05) is 29.0 Å². The lowest BCUT2D eigenvalue weighted by Crippen LogP contribution is -2.42. The zero-order chi connectivity index (χ0) is 18.6. The average molecular weight is 368 g/mol. The Morgan fingerprint density at radius 3 is 2.63 bits per heavy atom. The molecule has 1 aliphatic carbocycles. The second kappa shape index (κ2) is 8.20. The highest BCUT2D eigenvalue weighted by atomic mass is 19.1. The van der Waals surface area contributed by atoms with Crippen molar-refractivity contribution < 1.29 is 4.39 Å². The van der Waals surface area contributed by atoms with Crippen LogP contribution in [0.15, 0.2) is 42.5 Å². The maximum absolute atomic E-state index is 13.6. The molecule has 1 saturated heterocycles. The Morgan fingerprint density at radius 2 is 1.81 bits per heavy atom. The molecule has 144 valence electrons. The molecule has 0 aromatic heterocycles. The fraction of sp³-hybridized carbons (Fsp3) is 0.478. The van der Waals surface area contributed by atoms with Gasteiger partial charge in [0.05, 0.1) is 0 Å². The molecule has 0 unspecified atom stereocenters. The topological polar surface area (TPSA) is 41.3 Å². The Kier molecular flexibility index (Phi) is 5.51. The van der Waals surface area contributed by atoms with Gasteiger partial charge in [-0.25, -0.2) is 4.39 Å². The molecule has 2 aromatic rings. The lowest BCUT2D eigenvalue weighted by atomic mass is 9.84.